The highest BCUT2D eigenvalue weighted by Crippen LogP contribution is 2.16. The monoisotopic (exact) mass is 326 g/mol. The second kappa shape index (κ2) is 9.08. The summed E-state index contributed by atoms with van der Waals surface area (Å²) in [5, 5.41) is 12.4. The van der Waals surface area contributed by atoms with Crippen LogP contribution >= 0.6 is 0 Å². The predicted molar refractivity (Wildman–Crippen MR) is 88.2 cm³/mol. The van der Waals surface area contributed by atoms with E-state index in [9.17, 15) is 9.59 Å². The molecule has 0 radical (unpaired) electrons. The third-order valence-corrected chi connectivity index (χ3v) is 4.95. The van der Waals surface area contributed by atoms with Crippen LogP contribution in [0.15, 0.2) is 0 Å². The molecule has 2 saturated heterocycles. The number of piperidine rings is 2. The van der Waals surface area contributed by atoms with Gasteiger partial charge in [0.2, 0.25) is 5.91 Å². The maximum absolute atomic E-state index is 12.6. The lowest BCUT2D eigenvalue weighted by Gasteiger charge is -2.33. The van der Waals surface area contributed by atoms with Crippen molar-refractivity contribution in [3.8, 4) is 0 Å². The van der Waals surface area contributed by atoms with Crippen molar-refractivity contribution in [1.82, 2.24) is 15.1 Å². The van der Waals surface area contributed by atoms with Gasteiger partial charge in [0.1, 0.15) is 0 Å². The minimum atomic E-state index is -0.843. The van der Waals surface area contributed by atoms with Crippen molar-refractivity contribution in [1.29, 1.82) is 0 Å². The normalized spacial score (nSPS) is 21.3. The van der Waals surface area contributed by atoms with Crippen LogP contribution in [-0.2, 0) is 4.79 Å². The van der Waals surface area contributed by atoms with Gasteiger partial charge in [-0.05, 0) is 45.1 Å². The Balaban J connectivity index is 1.78. The first-order chi connectivity index (χ1) is 11.1. The number of likely N-dealkylation sites (tertiary alicyclic amines) is 2. The lowest BCUT2D eigenvalue weighted by atomic mass is 9.99. The number of amides is 2. The Morgan fingerprint density at radius 3 is 2.30 bits per heavy atom. The summed E-state index contributed by atoms with van der Waals surface area (Å²) >= 11 is 0. The van der Waals surface area contributed by atoms with Gasteiger partial charge in [0.05, 0.1) is 5.92 Å². The van der Waals surface area contributed by atoms with Gasteiger partial charge in [0, 0.05) is 38.8 Å². The summed E-state index contributed by atoms with van der Waals surface area (Å²) in [7, 11) is 0. The van der Waals surface area contributed by atoms with E-state index in [1.165, 1.54) is 11.3 Å². The fraction of sp³-hybridized carbons (Fsp3) is 0.875. The molecular weight excluding hydrogens is 296 g/mol. The summed E-state index contributed by atoms with van der Waals surface area (Å²) in [4.78, 5) is 27.0. The van der Waals surface area contributed by atoms with Crippen molar-refractivity contribution in [2.45, 2.75) is 44.6 Å². The number of carbonyl (C=O) groups is 2. The van der Waals surface area contributed by atoms with Crippen molar-refractivity contribution in [3.05, 3.63) is 0 Å². The second-order valence-corrected chi connectivity index (χ2v) is 6.61. The number of hydrogen-bond donors (Lipinski definition) is 3. The van der Waals surface area contributed by atoms with E-state index in [1.807, 2.05) is 4.90 Å². The first kappa shape index (κ1) is 18.0. The van der Waals surface area contributed by atoms with Crippen LogP contribution in [0.5, 0.6) is 0 Å². The lowest BCUT2D eigenvalue weighted by Crippen LogP contribution is -2.48. The largest absolute Gasteiger partial charge is 0.465 e. The Morgan fingerprint density at radius 2 is 1.74 bits per heavy atom. The minimum Gasteiger partial charge on any atom is -0.465 e. The molecule has 2 rings (SSSR count). The Bertz CT molecular complexity index is 391. The highest BCUT2D eigenvalue weighted by molar-refractivity contribution is 5.79. The zero-order valence-corrected chi connectivity index (χ0v) is 13.9. The van der Waals surface area contributed by atoms with E-state index in [-0.39, 0.29) is 11.8 Å². The number of nitrogens with one attached hydrogen (secondary N) is 1. The van der Waals surface area contributed by atoms with Crippen LogP contribution in [0.3, 0.4) is 0 Å². The van der Waals surface area contributed by atoms with Gasteiger partial charge in [-0.2, -0.15) is 0 Å². The van der Waals surface area contributed by atoms with Crippen molar-refractivity contribution in [2.24, 2.45) is 11.7 Å². The van der Waals surface area contributed by atoms with E-state index in [0.717, 1.165) is 38.8 Å². The highest BCUT2D eigenvalue weighted by atomic mass is 16.4. The smallest absolute Gasteiger partial charge is 0.407 e. The maximum Gasteiger partial charge on any atom is 0.407 e. The summed E-state index contributed by atoms with van der Waals surface area (Å²) < 4.78 is 0. The molecule has 7 nitrogen and oxygen atoms in total. The average molecular weight is 326 g/mol. The Hall–Kier alpha value is -1.34. The molecule has 0 spiro atoms. The zero-order valence-electron chi connectivity index (χ0n) is 13.9. The number of nitrogens with two attached hydrogens (primary N) is 1. The molecule has 2 heterocycles. The number of rotatable bonds is 6. The summed E-state index contributed by atoms with van der Waals surface area (Å²) in [6.45, 7) is 4.03. The van der Waals surface area contributed by atoms with E-state index >= 15 is 0 Å². The highest BCUT2D eigenvalue weighted by Gasteiger charge is 2.27. The molecule has 2 fully saturated rings. The summed E-state index contributed by atoms with van der Waals surface area (Å²) in [6.07, 6.45) is 4.88. The van der Waals surface area contributed by atoms with Gasteiger partial charge in [-0.25, -0.2) is 4.79 Å². The molecular formula is C16H30N4O3. The van der Waals surface area contributed by atoms with Gasteiger partial charge in [0.25, 0.3) is 0 Å². The second-order valence-electron chi connectivity index (χ2n) is 6.61. The van der Waals surface area contributed by atoms with Crippen LogP contribution in [0, 0.1) is 5.92 Å². The van der Waals surface area contributed by atoms with Crippen molar-refractivity contribution in [3.63, 3.8) is 0 Å². The molecule has 0 aromatic heterocycles. The van der Waals surface area contributed by atoms with Crippen LogP contribution in [0.1, 0.15) is 38.5 Å². The molecule has 1 unspecified atom stereocenters. The topological polar surface area (TPSA) is 98.9 Å². The van der Waals surface area contributed by atoms with Gasteiger partial charge >= 0.3 is 6.09 Å². The molecule has 0 aromatic rings. The standard InChI is InChI=1S/C16H30N4O3/c17-7-4-13(15(21)19-8-2-1-3-9-19)12-18-14-5-10-20(11-6-14)16(22)23/h13-14,18H,1-12,17H2,(H,22,23). The van der Waals surface area contributed by atoms with Gasteiger partial charge in [-0.15, -0.1) is 0 Å². The van der Waals surface area contributed by atoms with Crippen LogP contribution in [-0.4, -0.2) is 72.2 Å². The van der Waals surface area contributed by atoms with E-state index in [0.29, 0.717) is 38.6 Å². The Morgan fingerprint density at radius 1 is 1.09 bits per heavy atom. The first-order valence-electron chi connectivity index (χ1n) is 8.82. The van der Waals surface area contributed by atoms with Crippen molar-refractivity contribution < 1.29 is 14.7 Å². The number of nitrogens with zero attached hydrogens (tertiary/aromatic N) is 2. The number of carbonyl (C=O) groups excluding carboxylic acids is 1. The third-order valence-electron chi connectivity index (χ3n) is 4.95. The van der Waals surface area contributed by atoms with Crippen LogP contribution < -0.4 is 11.1 Å². The van der Waals surface area contributed by atoms with Gasteiger partial charge < -0.3 is 26.0 Å². The SMILES string of the molecule is NCCC(CNC1CCN(C(=O)O)CC1)C(=O)N1CCCCC1. The first-order valence-corrected chi connectivity index (χ1v) is 8.82. The molecule has 23 heavy (non-hydrogen) atoms. The molecule has 2 amide bonds. The molecule has 0 saturated carbocycles. The molecule has 2 aliphatic heterocycles. The van der Waals surface area contributed by atoms with Crippen LogP contribution in [0.2, 0.25) is 0 Å². The van der Waals surface area contributed by atoms with Gasteiger partial charge in [-0.3, -0.25) is 4.79 Å². The molecule has 0 aliphatic carbocycles. The summed E-state index contributed by atoms with van der Waals surface area (Å²) in [5.74, 6) is 0.168. The zero-order chi connectivity index (χ0) is 16.7. The van der Waals surface area contributed by atoms with E-state index in [1.54, 1.807) is 0 Å². The molecule has 4 N–H and O–H groups in total. The molecule has 0 bridgehead atoms. The van der Waals surface area contributed by atoms with Gasteiger partial charge in [-0.1, -0.05) is 0 Å². The fourth-order valence-corrected chi connectivity index (χ4v) is 3.47. The van der Waals surface area contributed by atoms with E-state index < -0.39 is 6.09 Å². The summed E-state index contributed by atoms with van der Waals surface area (Å²) in [6, 6.07) is 0.292. The summed E-state index contributed by atoms with van der Waals surface area (Å²) in [5.41, 5.74) is 5.69. The van der Waals surface area contributed by atoms with E-state index in [4.69, 9.17) is 10.8 Å². The van der Waals surface area contributed by atoms with Crippen LogP contribution in [0.25, 0.3) is 0 Å². The number of carboxylic acid groups (broad SMARTS) is 1. The molecule has 1 atom stereocenters. The van der Waals surface area contributed by atoms with Crippen LogP contribution in [0.4, 0.5) is 4.79 Å². The Kier molecular flexibility index (Phi) is 7.11. The Labute approximate surface area is 138 Å². The molecule has 0 aromatic carbocycles. The van der Waals surface area contributed by atoms with Crippen molar-refractivity contribution >= 4 is 12.0 Å². The molecule has 2 aliphatic rings. The molecule has 7 heteroatoms. The van der Waals surface area contributed by atoms with E-state index in [2.05, 4.69) is 5.32 Å². The third kappa shape index (κ3) is 5.35. The molecule has 132 valence electrons. The quantitative estimate of drug-likeness (QED) is 0.667. The maximum atomic E-state index is 12.6. The number of hydrogen-bond acceptors (Lipinski definition) is 4. The lowest BCUT2D eigenvalue weighted by molar-refractivity contribution is -0.136. The van der Waals surface area contributed by atoms with Gasteiger partial charge in [0.15, 0.2) is 0 Å². The predicted octanol–water partition coefficient (Wildman–Crippen LogP) is 0.696. The minimum absolute atomic E-state index is 0.0596. The average Bonchev–Trinajstić information content (AvgIpc) is 2.59. The van der Waals surface area contributed by atoms with Crippen molar-refractivity contribution in [2.75, 3.05) is 39.3 Å². The fourth-order valence-electron chi connectivity index (χ4n) is 3.47.